The normalized spacial score (nSPS) is 25.1. The van der Waals surface area contributed by atoms with Gasteiger partial charge in [0.05, 0.1) is 0 Å². The van der Waals surface area contributed by atoms with Crippen LogP contribution in [0, 0.1) is 5.41 Å². The summed E-state index contributed by atoms with van der Waals surface area (Å²) in [6.45, 7) is 7.81. The van der Waals surface area contributed by atoms with Gasteiger partial charge < -0.3 is 5.32 Å². The zero-order valence-corrected chi connectivity index (χ0v) is 8.23. The Balaban J connectivity index is 0.000000213. The van der Waals surface area contributed by atoms with Crippen molar-refractivity contribution in [2.75, 3.05) is 13.1 Å². The van der Waals surface area contributed by atoms with E-state index >= 15 is 0 Å². The zero-order valence-electron chi connectivity index (χ0n) is 8.23. The van der Waals surface area contributed by atoms with Crippen LogP contribution in [0.15, 0.2) is 12.7 Å². The minimum absolute atomic E-state index is 0.839. The minimum atomic E-state index is 0.839. The molecule has 0 radical (unpaired) electrons. The molecule has 1 aliphatic heterocycles. The lowest BCUT2D eigenvalue weighted by Gasteiger charge is -2.45. The molecule has 12 heavy (non-hydrogen) atoms. The molecule has 0 aromatic rings. The summed E-state index contributed by atoms with van der Waals surface area (Å²) >= 11 is 0. The smallest absolute Gasteiger partial charge is 0.00436 e. The lowest BCUT2D eigenvalue weighted by molar-refractivity contribution is 0.0864. The molecule has 2 aliphatic rings. The molecular weight excluding hydrogens is 146 g/mol. The molecule has 1 nitrogen and oxygen atoms in total. The summed E-state index contributed by atoms with van der Waals surface area (Å²) in [5.41, 5.74) is 0.839. The molecule has 0 aromatic carbocycles. The monoisotopic (exact) mass is 167 g/mol. The number of hydrogen-bond donors (Lipinski definition) is 1. The molecule has 2 rings (SSSR count). The predicted molar refractivity (Wildman–Crippen MR) is 54.3 cm³/mol. The van der Waals surface area contributed by atoms with Crippen molar-refractivity contribution in [1.82, 2.24) is 5.32 Å². The molecule has 1 spiro atoms. The van der Waals surface area contributed by atoms with E-state index < -0.39 is 0 Å². The zero-order chi connectivity index (χ0) is 8.86. The van der Waals surface area contributed by atoms with Crippen molar-refractivity contribution < 1.29 is 0 Å². The molecule has 0 aromatic heterocycles. The fraction of sp³-hybridized carbons (Fsp3) is 0.818. The number of rotatable bonds is 0. The second kappa shape index (κ2) is 4.66. The molecule has 1 heteroatoms. The molecule has 1 aliphatic carbocycles. The Kier molecular flexibility index (Phi) is 3.80. The summed E-state index contributed by atoms with van der Waals surface area (Å²) in [6.07, 6.45) is 9.20. The lowest BCUT2D eigenvalue weighted by Crippen LogP contribution is -2.40. The molecule has 0 atom stereocenters. The Morgan fingerprint density at radius 3 is 1.92 bits per heavy atom. The van der Waals surface area contributed by atoms with Gasteiger partial charge in [-0.25, -0.2) is 0 Å². The minimum Gasteiger partial charge on any atom is -0.317 e. The standard InChI is InChI=1S/C8H15N.C3H6/c1-2-8(3-1)4-6-9-7-5-8;1-3-2/h9H,1-7H2;3H,1H2,2H3. The van der Waals surface area contributed by atoms with Gasteiger partial charge in [-0.05, 0) is 51.1 Å². The molecule has 0 unspecified atom stereocenters. The van der Waals surface area contributed by atoms with Crippen molar-refractivity contribution in [1.29, 1.82) is 0 Å². The van der Waals surface area contributed by atoms with Crippen LogP contribution in [-0.2, 0) is 0 Å². The Bertz CT molecular complexity index is 128. The van der Waals surface area contributed by atoms with E-state index in [1.54, 1.807) is 6.08 Å². The summed E-state index contributed by atoms with van der Waals surface area (Å²) in [6, 6.07) is 0. The fourth-order valence-corrected chi connectivity index (χ4v) is 2.13. The number of allylic oxidation sites excluding steroid dienone is 1. The number of hydrogen-bond acceptors (Lipinski definition) is 1. The second-order valence-electron chi connectivity index (χ2n) is 4.01. The molecule has 70 valence electrons. The summed E-state index contributed by atoms with van der Waals surface area (Å²) in [7, 11) is 0. The topological polar surface area (TPSA) is 12.0 Å². The highest BCUT2D eigenvalue weighted by atomic mass is 14.9. The largest absolute Gasteiger partial charge is 0.317 e. The first-order chi connectivity index (χ1) is 5.83. The molecule has 1 saturated heterocycles. The quantitative estimate of drug-likeness (QED) is 0.547. The van der Waals surface area contributed by atoms with E-state index in [9.17, 15) is 0 Å². The maximum atomic E-state index is 3.41. The number of nitrogens with one attached hydrogen (secondary N) is 1. The van der Waals surface area contributed by atoms with Gasteiger partial charge in [-0.1, -0.05) is 12.5 Å². The summed E-state index contributed by atoms with van der Waals surface area (Å²) in [4.78, 5) is 0. The van der Waals surface area contributed by atoms with Crippen molar-refractivity contribution in [3.8, 4) is 0 Å². The van der Waals surface area contributed by atoms with E-state index in [4.69, 9.17) is 0 Å². The van der Waals surface area contributed by atoms with Crippen LogP contribution in [0.5, 0.6) is 0 Å². The van der Waals surface area contributed by atoms with Crippen LogP contribution in [0.25, 0.3) is 0 Å². The van der Waals surface area contributed by atoms with Gasteiger partial charge in [0.25, 0.3) is 0 Å². The Hall–Kier alpha value is -0.300. The highest BCUT2D eigenvalue weighted by molar-refractivity contribution is 4.90. The van der Waals surface area contributed by atoms with Crippen LogP contribution >= 0.6 is 0 Å². The van der Waals surface area contributed by atoms with E-state index in [1.807, 2.05) is 6.92 Å². The van der Waals surface area contributed by atoms with Gasteiger partial charge in [0, 0.05) is 0 Å². The SMILES string of the molecule is C1CC2(C1)CCNCC2.C=CC. The highest BCUT2D eigenvalue weighted by Gasteiger charge is 2.37. The lowest BCUT2D eigenvalue weighted by atomic mass is 9.63. The summed E-state index contributed by atoms with van der Waals surface area (Å²) < 4.78 is 0. The second-order valence-corrected chi connectivity index (χ2v) is 4.01. The summed E-state index contributed by atoms with van der Waals surface area (Å²) in [5, 5.41) is 3.41. The average molecular weight is 167 g/mol. The van der Waals surface area contributed by atoms with Crippen molar-refractivity contribution in [2.45, 2.75) is 39.0 Å². The third-order valence-electron chi connectivity index (χ3n) is 3.08. The van der Waals surface area contributed by atoms with Crippen molar-refractivity contribution >= 4 is 0 Å². The average Bonchev–Trinajstić information content (AvgIpc) is 2.05. The Labute approximate surface area is 76.2 Å². The van der Waals surface area contributed by atoms with Gasteiger partial charge in [-0.3, -0.25) is 0 Å². The van der Waals surface area contributed by atoms with Gasteiger partial charge >= 0.3 is 0 Å². The van der Waals surface area contributed by atoms with Gasteiger partial charge in [0.1, 0.15) is 0 Å². The van der Waals surface area contributed by atoms with Crippen LogP contribution in [0.3, 0.4) is 0 Å². The Morgan fingerprint density at radius 2 is 1.67 bits per heavy atom. The Morgan fingerprint density at radius 1 is 1.17 bits per heavy atom. The predicted octanol–water partition coefficient (Wildman–Crippen LogP) is 2.73. The van der Waals surface area contributed by atoms with E-state index in [1.165, 1.54) is 45.2 Å². The van der Waals surface area contributed by atoms with Crippen LogP contribution in [0.1, 0.15) is 39.0 Å². The third-order valence-corrected chi connectivity index (χ3v) is 3.08. The first-order valence-corrected chi connectivity index (χ1v) is 5.11. The van der Waals surface area contributed by atoms with Crippen molar-refractivity contribution in [3.63, 3.8) is 0 Å². The molecule has 0 amide bonds. The molecule has 1 saturated carbocycles. The maximum absolute atomic E-state index is 3.41. The highest BCUT2D eigenvalue weighted by Crippen LogP contribution is 2.47. The molecule has 1 N–H and O–H groups in total. The first-order valence-electron chi connectivity index (χ1n) is 5.11. The number of piperidine rings is 1. The van der Waals surface area contributed by atoms with Crippen molar-refractivity contribution in [2.24, 2.45) is 5.41 Å². The van der Waals surface area contributed by atoms with Gasteiger partial charge in [-0.2, -0.15) is 0 Å². The van der Waals surface area contributed by atoms with Crippen LogP contribution in [0.4, 0.5) is 0 Å². The van der Waals surface area contributed by atoms with E-state index in [-0.39, 0.29) is 0 Å². The third kappa shape index (κ3) is 2.34. The van der Waals surface area contributed by atoms with Crippen LogP contribution in [-0.4, -0.2) is 13.1 Å². The molecule has 0 bridgehead atoms. The van der Waals surface area contributed by atoms with E-state index in [2.05, 4.69) is 11.9 Å². The maximum Gasteiger partial charge on any atom is -0.00436 e. The molecule has 1 heterocycles. The first kappa shape index (κ1) is 9.79. The van der Waals surface area contributed by atoms with Crippen LogP contribution < -0.4 is 5.32 Å². The van der Waals surface area contributed by atoms with E-state index in [0.717, 1.165) is 5.41 Å². The summed E-state index contributed by atoms with van der Waals surface area (Å²) in [5.74, 6) is 0. The van der Waals surface area contributed by atoms with Gasteiger partial charge in [0.2, 0.25) is 0 Å². The van der Waals surface area contributed by atoms with Crippen molar-refractivity contribution in [3.05, 3.63) is 12.7 Å². The van der Waals surface area contributed by atoms with E-state index in [0.29, 0.717) is 0 Å². The molecular formula is C11H21N. The fourth-order valence-electron chi connectivity index (χ4n) is 2.13. The van der Waals surface area contributed by atoms with Gasteiger partial charge in [0.15, 0.2) is 0 Å². The van der Waals surface area contributed by atoms with Crippen LogP contribution in [0.2, 0.25) is 0 Å². The van der Waals surface area contributed by atoms with Gasteiger partial charge in [-0.15, -0.1) is 6.58 Å². The molecule has 2 fully saturated rings.